The van der Waals surface area contributed by atoms with Crippen molar-refractivity contribution in [3.05, 3.63) is 35.4 Å². The Hall–Kier alpha value is -1.88. The Morgan fingerprint density at radius 2 is 1.78 bits per heavy atom. The van der Waals surface area contributed by atoms with Crippen molar-refractivity contribution in [2.24, 2.45) is 5.92 Å². The van der Waals surface area contributed by atoms with E-state index in [1.807, 2.05) is 32.9 Å². The highest BCUT2D eigenvalue weighted by Gasteiger charge is 2.28. The molecule has 0 N–H and O–H groups in total. The molecule has 1 fully saturated rings. The first-order valence-corrected chi connectivity index (χ1v) is 7.88. The Morgan fingerprint density at radius 3 is 2.30 bits per heavy atom. The summed E-state index contributed by atoms with van der Waals surface area (Å²) in [6.07, 6.45) is 0.491. The predicted octanol–water partition coefficient (Wildman–Crippen LogP) is 2.64. The second kappa shape index (κ2) is 7.13. The van der Waals surface area contributed by atoms with Crippen molar-refractivity contribution in [1.82, 2.24) is 4.90 Å². The number of likely N-dealkylation sites (tertiary alicyclic amines) is 1. The van der Waals surface area contributed by atoms with Crippen LogP contribution in [0.1, 0.15) is 43.1 Å². The lowest BCUT2D eigenvalue weighted by atomic mass is 9.95. The van der Waals surface area contributed by atoms with Gasteiger partial charge in [0.05, 0.1) is 19.1 Å². The molecule has 126 valence electrons. The van der Waals surface area contributed by atoms with Gasteiger partial charge in [-0.1, -0.05) is 12.1 Å². The lowest BCUT2D eigenvalue weighted by Gasteiger charge is -2.38. The minimum absolute atomic E-state index is 0.142. The second-order valence-electron chi connectivity index (χ2n) is 7.04. The zero-order chi connectivity index (χ0) is 17.0. The molecule has 0 atom stereocenters. The molecule has 1 aliphatic heterocycles. The minimum atomic E-state index is -0.484. The Bertz CT molecular complexity index is 553. The number of esters is 2. The average molecular weight is 319 g/mol. The SMILES string of the molecule is COC(=O)CC1CN(Cc2ccc(C(=O)OC(C)(C)C)cc2)C1. The molecule has 1 aromatic carbocycles. The van der Waals surface area contributed by atoms with Crippen LogP contribution in [-0.2, 0) is 20.8 Å². The van der Waals surface area contributed by atoms with E-state index < -0.39 is 5.60 Å². The van der Waals surface area contributed by atoms with Gasteiger partial charge in [-0.2, -0.15) is 0 Å². The summed E-state index contributed by atoms with van der Waals surface area (Å²) in [5.41, 5.74) is 1.23. The molecule has 2 rings (SSSR count). The van der Waals surface area contributed by atoms with E-state index in [0.29, 0.717) is 17.9 Å². The maximum Gasteiger partial charge on any atom is 0.338 e. The largest absolute Gasteiger partial charge is 0.469 e. The standard InChI is InChI=1S/C18H25NO4/c1-18(2,3)23-17(21)15-7-5-13(6-8-15)10-19-11-14(12-19)9-16(20)22-4/h5-8,14H,9-12H2,1-4H3. The van der Waals surface area contributed by atoms with E-state index in [2.05, 4.69) is 9.64 Å². The summed E-state index contributed by atoms with van der Waals surface area (Å²) in [5, 5.41) is 0. The van der Waals surface area contributed by atoms with E-state index in [9.17, 15) is 9.59 Å². The molecule has 1 saturated heterocycles. The van der Waals surface area contributed by atoms with Crippen LogP contribution in [0.25, 0.3) is 0 Å². The van der Waals surface area contributed by atoms with Crippen molar-refractivity contribution in [2.75, 3.05) is 20.2 Å². The molecule has 0 amide bonds. The number of hydrogen-bond donors (Lipinski definition) is 0. The number of hydrogen-bond acceptors (Lipinski definition) is 5. The first-order chi connectivity index (χ1) is 10.8. The van der Waals surface area contributed by atoms with Gasteiger partial charge in [0.15, 0.2) is 0 Å². The molecule has 1 aliphatic rings. The number of ether oxygens (including phenoxy) is 2. The van der Waals surface area contributed by atoms with E-state index >= 15 is 0 Å². The number of benzene rings is 1. The summed E-state index contributed by atoms with van der Waals surface area (Å²) in [5.74, 6) is -0.0500. The number of nitrogens with zero attached hydrogens (tertiary/aromatic N) is 1. The number of carbonyl (C=O) groups excluding carboxylic acids is 2. The van der Waals surface area contributed by atoms with E-state index in [-0.39, 0.29) is 11.9 Å². The van der Waals surface area contributed by atoms with Gasteiger partial charge in [-0.15, -0.1) is 0 Å². The van der Waals surface area contributed by atoms with Gasteiger partial charge in [0, 0.05) is 19.6 Å². The maximum atomic E-state index is 12.0. The molecule has 5 heteroatoms. The molecule has 23 heavy (non-hydrogen) atoms. The first-order valence-electron chi connectivity index (χ1n) is 7.88. The van der Waals surface area contributed by atoms with E-state index in [0.717, 1.165) is 25.2 Å². The second-order valence-corrected chi connectivity index (χ2v) is 7.04. The summed E-state index contributed by atoms with van der Waals surface area (Å²) in [6.45, 7) is 8.20. The molecule has 0 aromatic heterocycles. The average Bonchev–Trinajstić information content (AvgIpc) is 2.43. The highest BCUT2D eigenvalue weighted by molar-refractivity contribution is 5.89. The number of rotatable bonds is 5. The highest BCUT2D eigenvalue weighted by Crippen LogP contribution is 2.22. The van der Waals surface area contributed by atoms with Crippen LogP contribution in [0.15, 0.2) is 24.3 Å². The predicted molar refractivity (Wildman–Crippen MR) is 87.0 cm³/mol. The minimum Gasteiger partial charge on any atom is -0.469 e. The third-order valence-corrected chi connectivity index (χ3v) is 3.71. The highest BCUT2D eigenvalue weighted by atomic mass is 16.6. The summed E-state index contributed by atoms with van der Waals surface area (Å²) in [6, 6.07) is 7.50. The molecule has 0 unspecified atom stereocenters. The van der Waals surface area contributed by atoms with Crippen molar-refractivity contribution < 1.29 is 19.1 Å². The molecule has 1 heterocycles. The lowest BCUT2D eigenvalue weighted by molar-refractivity contribution is -0.143. The van der Waals surface area contributed by atoms with Crippen LogP contribution in [0.5, 0.6) is 0 Å². The fourth-order valence-corrected chi connectivity index (χ4v) is 2.60. The number of carbonyl (C=O) groups is 2. The van der Waals surface area contributed by atoms with Crippen LogP contribution in [0.4, 0.5) is 0 Å². The zero-order valence-electron chi connectivity index (χ0n) is 14.3. The molecule has 0 saturated carbocycles. The molecule has 0 radical (unpaired) electrons. The summed E-state index contributed by atoms with van der Waals surface area (Å²) < 4.78 is 10.0. The summed E-state index contributed by atoms with van der Waals surface area (Å²) in [4.78, 5) is 25.4. The summed E-state index contributed by atoms with van der Waals surface area (Å²) in [7, 11) is 1.42. The van der Waals surface area contributed by atoms with Gasteiger partial charge in [-0.05, 0) is 44.4 Å². The van der Waals surface area contributed by atoms with Crippen LogP contribution >= 0.6 is 0 Å². The van der Waals surface area contributed by atoms with Crippen LogP contribution in [-0.4, -0.2) is 42.6 Å². The fourth-order valence-electron chi connectivity index (χ4n) is 2.60. The van der Waals surface area contributed by atoms with Gasteiger partial charge in [0.2, 0.25) is 0 Å². The topological polar surface area (TPSA) is 55.8 Å². The lowest BCUT2D eigenvalue weighted by Crippen LogP contribution is -2.46. The van der Waals surface area contributed by atoms with Gasteiger partial charge in [0.1, 0.15) is 5.60 Å². The van der Waals surface area contributed by atoms with Crippen LogP contribution < -0.4 is 0 Å². The van der Waals surface area contributed by atoms with E-state index in [1.54, 1.807) is 12.1 Å². The van der Waals surface area contributed by atoms with Crippen molar-refractivity contribution in [3.8, 4) is 0 Å². The molecule has 5 nitrogen and oxygen atoms in total. The van der Waals surface area contributed by atoms with Crippen molar-refractivity contribution in [2.45, 2.75) is 39.3 Å². The Morgan fingerprint density at radius 1 is 1.17 bits per heavy atom. The third kappa shape index (κ3) is 5.36. The monoisotopic (exact) mass is 319 g/mol. The Kier molecular flexibility index (Phi) is 5.42. The molecule has 0 aliphatic carbocycles. The zero-order valence-corrected chi connectivity index (χ0v) is 14.3. The van der Waals surface area contributed by atoms with Gasteiger partial charge in [-0.3, -0.25) is 9.69 Å². The summed E-state index contributed by atoms with van der Waals surface area (Å²) >= 11 is 0. The number of methoxy groups -OCH3 is 1. The van der Waals surface area contributed by atoms with Crippen molar-refractivity contribution in [1.29, 1.82) is 0 Å². The molecule has 0 bridgehead atoms. The fraction of sp³-hybridized carbons (Fsp3) is 0.556. The van der Waals surface area contributed by atoms with Gasteiger partial charge in [-0.25, -0.2) is 4.79 Å². The van der Waals surface area contributed by atoms with Crippen molar-refractivity contribution >= 4 is 11.9 Å². The van der Waals surface area contributed by atoms with E-state index in [1.165, 1.54) is 7.11 Å². The van der Waals surface area contributed by atoms with Gasteiger partial charge >= 0.3 is 11.9 Å². The van der Waals surface area contributed by atoms with Crippen LogP contribution in [0, 0.1) is 5.92 Å². The molecule has 0 spiro atoms. The van der Waals surface area contributed by atoms with Gasteiger partial charge < -0.3 is 9.47 Å². The van der Waals surface area contributed by atoms with Gasteiger partial charge in [0.25, 0.3) is 0 Å². The smallest absolute Gasteiger partial charge is 0.338 e. The quantitative estimate of drug-likeness (QED) is 0.781. The van der Waals surface area contributed by atoms with Crippen LogP contribution in [0.2, 0.25) is 0 Å². The maximum absolute atomic E-state index is 12.0. The molecule has 1 aromatic rings. The Balaban J connectivity index is 1.80. The molecular formula is C18H25NO4. The normalized spacial score (nSPS) is 15.8. The molecular weight excluding hydrogens is 294 g/mol. The Labute approximate surface area is 137 Å². The third-order valence-electron chi connectivity index (χ3n) is 3.71. The van der Waals surface area contributed by atoms with Crippen molar-refractivity contribution in [3.63, 3.8) is 0 Å². The van der Waals surface area contributed by atoms with Crippen LogP contribution in [0.3, 0.4) is 0 Å². The first kappa shape index (κ1) is 17.5. The van der Waals surface area contributed by atoms with E-state index in [4.69, 9.17) is 4.74 Å².